The summed E-state index contributed by atoms with van der Waals surface area (Å²) in [5.74, 6) is 0. The molecule has 0 aliphatic heterocycles. The Balaban J connectivity index is 0. The molecular formula is FNaO2Si. The molecule has 5 heteroatoms. The van der Waals surface area contributed by atoms with Crippen LogP contribution in [0.3, 0.4) is 0 Å². The number of halogens is 1. The van der Waals surface area contributed by atoms with Crippen molar-refractivity contribution >= 4 is 9.26 Å². The SMILES string of the molecule is O=[Si]([O-])F.[Na+]. The van der Waals surface area contributed by atoms with E-state index in [1.807, 2.05) is 0 Å². The predicted octanol–water partition coefficient (Wildman–Crippen LogP) is -4.26. The molecule has 0 aromatic carbocycles. The predicted molar refractivity (Wildman–Crippen MR) is 7.55 cm³/mol. The Kier molecular flexibility index (Phi) is 8.76. The summed E-state index contributed by atoms with van der Waals surface area (Å²) in [6.07, 6.45) is 0. The van der Waals surface area contributed by atoms with Gasteiger partial charge in [-0.15, -0.1) is 0 Å². The zero-order valence-electron chi connectivity index (χ0n) is 2.69. The van der Waals surface area contributed by atoms with Crippen LogP contribution in [0, 0.1) is 0 Å². The van der Waals surface area contributed by atoms with Crippen molar-refractivity contribution in [1.82, 2.24) is 0 Å². The van der Waals surface area contributed by atoms with E-state index in [0.29, 0.717) is 0 Å². The van der Waals surface area contributed by atoms with E-state index in [2.05, 4.69) is 0 Å². The maximum Gasteiger partial charge on any atom is 1.00 e. The maximum absolute atomic E-state index is 9.99. The van der Waals surface area contributed by atoms with Gasteiger partial charge in [0.05, 0.1) is 0 Å². The average molecular weight is 102 g/mol. The summed E-state index contributed by atoms with van der Waals surface area (Å²) in [6.45, 7) is 0. The van der Waals surface area contributed by atoms with Crippen molar-refractivity contribution < 1.29 is 42.9 Å². The molecule has 0 aromatic rings. The van der Waals surface area contributed by atoms with Crippen molar-refractivity contribution in [1.29, 1.82) is 0 Å². The smallest absolute Gasteiger partial charge is 0.560 e. The second kappa shape index (κ2) is 4.75. The van der Waals surface area contributed by atoms with E-state index in [1.54, 1.807) is 0 Å². The normalized spacial score (nSPS) is 5.00. The van der Waals surface area contributed by atoms with E-state index in [9.17, 15) is 4.11 Å². The van der Waals surface area contributed by atoms with E-state index in [1.165, 1.54) is 0 Å². The minimum Gasteiger partial charge on any atom is -0.560 e. The Morgan fingerprint density at radius 3 is 1.80 bits per heavy atom. The number of hydrogen-bond acceptors (Lipinski definition) is 2. The Bertz CT molecular complexity index is 32.6. The van der Waals surface area contributed by atoms with Gasteiger partial charge in [0.25, 0.3) is 0 Å². The van der Waals surface area contributed by atoms with Gasteiger partial charge in [-0.05, 0) is 0 Å². The van der Waals surface area contributed by atoms with Crippen molar-refractivity contribution in [2.24, 2.45) is 0 Å². The molecule has 0 spiro atoms. The molecule has 2 nitrogen and oxygen atoms in total. The minimum atomic E-state index is -3.88. The number of hydrogen-bond donors (Lipinski definition) is 0. The number of rotatable bonds is 0. The quantitative estimate of drug-likeness (QED) is 0.229. The average Bonchev–Trinajstić information content (AvgIpc) is 0.811. The summed E-state index contributed by atoms with van der Waals surface area (Å²) in [7, 11) is -3.88. The van der Waals surface area contributed by atoms with E-state index in [-0.39, 0.29) is 29.6 Å². The van der Waals surface area contributed by atoms with Crippen LogP contribution in [-0.4, -0.2) is 9.26 Å². The van der Waals surface area contributed by atoms with Crippen LogP contribution >= 0.6 is 0 Å². The van der Waals surface area contributed by atoms with Crippen molar-refractivity contribution in [2.45, 2.75) is 0 Å². The largest absolute Gasteiger partial charge is 1.00 e. The summed E-state index contributed by atoms with van der Waals surface area (Å²) < 4.78 is 18.4. The topological polar surface area (TPSA) is 40.1 Å². The van der Waals surface area contributed by atoms with E-state index in [0.717, 1.165) is 0 Å². The van der Waals surface area contributed by atoms with Gasteiger partial charge in [0.2, 0.25) is 0 Å². The molecular weight excluding hydrogens is 102 g/mol. The van der Waals surface area contributed by atoms with Gasteiger partial charge in [0, 0.05) is 0 Å². The Hall–Kier alpha value is 0.747. The van der Waals surface area contributed by atoms with Crippen LogP contribution in [0.5, 0.6) is 0 Å². The molecule has 0 aliphatic carbocycles. The summed E-state index contributed by atoms with van der Waals surface area (Å²) in [6, 6.07) is 0. The van der Waals surface area contributed by atoms with Gasteiger partial charge >= 0.3 is 38.8 Å². The third kappa shape index (κ3) is 64.2. The molecule has 0 aliphatic rings. The molecule has 0 fully saturated rings. The fourth-order valence-corrected chi connectivity index (χ4v) is 0. The van der Waals surface area contributed by atoms with Gasteiger partial charge in [0.1, 0.15) is 0 Å². The Labute approximate surface area is 52.2 Å². The Morgan fingerprint density at radius 1 is 1.80 bits per heavy atom. The molecule has 0 N–H and O–H groups in total. The first kappa shape index (κ1) is 9.22. The summed E-state index contributed by atoms with van der Waals surface area (Å²) in [5.41, 5.74) is 0. The van der Waals surface area contributed by atoms with E-state index >= 15 is 0 Å². The molecule has 0 bridgehead atoms. The third-order valence-electron chi connectivity index (χ3n) is 0. The van der Waals surface area contributed by atoms with Crippen LogP contribution in [0.25, 0.3) is 0 Å². The van der Waals surface area contributed by atoms with Gasteiger partial charge in [-0.1, -0.05) is 0 Å². The van der Waals surface area contributed by atoms with Crippen LogP contribution < -0.4 is 34.4 Å². The molecule has 0 rings (SSSR count). The molecule has 0 atom stereocenters. The molecule has 0 amide bonds. The molecule has 24 valence electrons. The monoisotopic (exact) mass is 102 g/mol. The van der Waals surface area contributed by atoms with Crippen LogP contribution in [-0.2, 0) is 4.46 Å². The molecule has 0 radical (unpaired) electrons. The van der Waals surface area contributed by atoms with Crippen LogP contribution in [0.1, 0.15) is 0 Å². The van der Waals surface area contributed by atoms with Crippen LogP contribution in [0.15, 0.2) is 0 Å². The molecule has 0 saturated carbocycles. The second-order valence-corrected chi connectivity index (χ2v) is 0.713. The van der Waals surface area contributed by atoms with Crippen molar-refractivity contribution in [3.05, 3.63) is 0 Å². The van der Waals surface area contributed by atoms with Gasteiger partial charge in [-0.25, -0.2) is 0 Å². The third-order valence-corrected chi connectivity index (χ3v) is 0. The van der Waals surface area contributed by atoms with E-state index < -0.39 is 9.26 Å². The van der Waals surface area contributed by atoms with Gasteiger partial charge < -0.3 is 9.26 Å². The summed E-state index contributed by atoms with van der Waals surface area (Å²) in [5, 5.41) is 0. The first-order valence-corrected chi connectivity index (χ1v) is 1.79. The fraction of sp³-hybridized carbons (Fsp3) is 0. The molecule has 0 heterocycles. The molecule has 0 aromatic heterocycles. The minimum absolute atomic E-state index is 0. The van der Waals surface area contributed by atoms with Crippen molar-refractivity contribution in [2.75, 3.05) is 0 Å². The maximum atomic E-state index is 9.99. The first-order chi connectivity index (χ1) is 1.73. The summed E-state index contributed by atoms with van der Waals surface area (Å²) in [4.78, 5) is 8.41. The van der Waals surface area contributed by atoms with Gasteiger partial charge in [-0.3, -0.25) is 4.11 Å². The second-order valence-electron chi connectivity index (χ2n) is 0.238. The fourth-order valence-electron chi connectivity index (χ4n) is 0. The molecule has 5 heavy (non-hydrogen) atoms. The zero-order chi connectivity index (χ0) is 3.58. The van der Waals surface area contributed by atoms with Gasteiger partial charge in [-0.2, -0.15) is 0 Å². The van der Waals surface area contributed by atoms with Crippen molar-refractivity contribution in [3.8, 4) is 0 Å². The summed E-state index contributed by atoms with van der Waals surface area (Å²) >= 11 is 0. The molecule has 0 unspecified atom stereocenters. The van der Waals surface area contributed by atoms with Gasteiger partial charge in [0.15, 0.2) is 0 Å². The van der Waals surface area contributed by atoms with Crippen LogP contribution in [0.4, 0.5) is 4.11 Å². The molecule has 0 saturated heterocycles. The Morgan fingerprint density at radius 2 is 1.80 bits per heavy atom. The zero-order valence-corrected chi connectivity index (χ0v) is 5.69. The standard InChI is InChI=1S/FO2Si.Na/c1-4(2)3;/q-1;+1. The first-order valence-electron chi connectivity index (χ1n) is 0.597. The van der Waals surface area contributed by atoms with Crippen molar-refractivity contribution in [3.63, 3.8) is 0 Å². The van der Waals surface area contributed by atoms with Crippen LogP contribution in [0.2, 0.25) is 0 Å². The van der Waals surface area contributed by atoms with E-state index in [4.69, 9.17) is 9.26 Å².